The number of likely N-dealkylation sites (N-methyl/N-ethyl adjacent to an activating group) is 2. The highest BCUT2D eigenvalue weighted by Gasteiger charge is 2.02. The maximum Gasteiger partial charge on any atom is 0.246 e. The van der Waals surface area contributed by atoms with Gasteiger partial charge in [0.25, 0.3) is 0 Å². The van der Waals surface area contributed by atoms with Gasteiger partial charge in [-0.2, -0.15) is 0 Å². The van der Waals surface area contributed by atoms with Gasteiger partial charge in [0, 0.05) is 52.2 Å². The molecule has 0 aromatic carbocycles. The van der Waals surface area contributed by atoms with E-state index in [0.29, 0.717) is 52.4 Å². The average Bonchev–Trinajstić information content (AvgIpc) is 2.94. The Hall–Kier alpha value is -2.33. The van der Waals surface area contributed by atoms with E-state index in [0.717, 1.165) is 39.1 Å². The summed E-state index contributed by atoms with van der Waals surface area (Å²) in [6.07, 6.45) is 2.43. The summed E-state index contributed by atoms with van der Waals surface area (Å²) in [6, 6.07) is 0. The molecule has 0 aliphatic rings. The molecule has 0 saturated carbocycles. The Kier molecular flexibility index (Phi) is 38.5. The molecule has 5 N–H and O–H groups in total. The molecule has 0 radical (unpaired) electrons. The first kappa shape index (κ1) is 44.1. The highest BCUT2D eigenvalue weighted by molar-refractivity contribution is 5.83. The van der Waals surface area contributed by atoms with Crippen LogP contribution in [0.1, 0.15) is 46.5 Å². The Morgan fingerprint density at radius 2 is 0.905 bits per heavy atom. The zero-order chi connectivity index (χ0) is 32.3. The van der Waals surface area contributed by atoms with Gasteiger partial charge in [-0.05, 0) is 61.3 Å². The molecule has 0 aliphatic heterocycles. The molecule has 0 rings (SSSR count). The third-order valence-electron chi connectivity index (χ3n) is 4.61. The number of carbonyl (C=O) groups is 5. The maximum absolute atomic E-state index is 11.2. The van der Waals surface area contributed by atoms with Crippen molar-refractivity contribution in [3.63, 3.8) is 0 Å². The van der Waals surface area contributed by atoms with E-state index in [1.807, 2.05) is 21.1 Å². The van der Waals surface area contributed by atoms with Crippen LogP contribution in [0.25, 0.3) is 0 Å². The first-order valence-corrected chi connectivity index (χ1v) is 14.4. The topological polar surface area (TPSA) is 182 Å². The van der Waals surface area contributed by atoms with Crippen molar-refractivity contribution in [3.05, 3.63) is 0 Å². The molecule has 248 valence electrons. The maximum atomic E-state index is 11.2. The fourth-order valence-electron chi connectivity index (χ4n) is 2.49. The Bertz CT molecular complexity index is 682. The molecular weight excluding hydrogens is 550 g/mol. The van der Waals surface area contributed by atoms with Crippen molar-refractivity contribution < 1.29 is 42.9 Å². The van der Waals surface area contributed by atoms with Gasteiger partial charge < -0.3 is 50.3 Å². The van der Waals surface area contributed by atoms with Crippen LogP contribution in [0.5, 0.6) is 0 Å². The SMILES string of the molecule is CNCCCOCCCNC(=O)CCC(C)=O.CNCCOCC(=O)NCCOCC(C)=O.CNCCOCC(C)=O. The van der Waals surface area contributed by atoms with Crippen LogP contribution in [0, 0.1) is 0 Å². The van der Waals surface area contributed by atoms with E-state index in [1.54, 1.807) is 0 Å². The number of rotatable bonds is 26. The number of Topliss-reactive ketones (excluding diaryl/α,β-unsaturated/α-hetero) is 3. The van der Waals surface area contributed by atoms with E-state index in [2.05, 4.69) is 26.6 Å². The van der Waals surface area contributed by atoms with Crippen molar-refractivity contribution in [1.29, 1.82) is 0 Å². The van der Waals surface area contributed by atoms with Crippen LogP contribution in [0.3, 0.4) is 0 Å². The van der Waals surface area contributed by atoms with E-state index >= 15 is 0 Å². The predicted molar refractivity (Wildman–Crippen MR) is 162 cm³/mol. The summed E-state index contributed by atoms with van der Waals surface area (Å²) < 4.78 is 20.3. The van der Waals surface area contributed by atoms with Crippen LogP contribution >= 0.6 is 0 Å². The highest BCUT2D eigenvalue weighted by atomic mass is 16.5. The average molecular weight is 608 g/mol. The third kappa shape index (κ3) is 47.5. The normalized spacial score (nSPS) is 10.0. The summed E-state index contributed by atoms with van der Waals surface area (Å²) in [7, 11) is 5.57. The van der Waals surface area contributed by atoms with Gasteiger partial charge in [-0.15, -0.1) is 0 Å². The number of hydrogen-bond donors (Lipinski definition) is 5. The standard InChI is InChI=1S/C12H24N2O3.C10H20N2O4.C6H13NO2/c1-11(15)5-6-12(16)14-8-4-10-17-9-3-7-13-2;1-9(13)7-15-6-4-12-10(14)8-16-5-3-11-2;1-6(8)5-9-4-3-7-2/h13H,3-10H2,1-2H3,(H,14,16);11H,3-8H2,1-2H3,(H,12,14);7H,3-5H2,1-2H3. The van der Waals surface area contributed by atoms with Gasteiger partial charge in [-0.25, -0.2) is 0 Å². The molecule has 0 aromatic heterocycles. The summed E-state index contributed by atoms with van der Waals surface area (Å²) in [5.74, 6) is -0.140. The lowest BCUT2D eigenvalue weighted by atomic mass is 10.2. The van der Waals surface area contributed by atoms with Crippen LogP contribution < -0.4 is 26.6 Å². The Morgan fingerprint density at radius 1 is 0.452 bits per heavy atom. The van der Waals surface area contributed by atoms with Gasteiger partial charge in [0.1, 0.15) is 25.6 Å². The van der Waals surface area contributed by atoms with Crippen LogP contribution in [-0.4, -0.2) is 136 Å². The molecule has 0 aromatic rings. The minimum absolute atomic E-state index is 0.0262. The molecule has 0 aliphatic carbocycles. The number of carbonyl (C=O) groups excluding carboxylic acids is 5. The van der Waals surface area contributed by atoms with E-state index in [1.165, 1.54) is 20.8 Å². The van der Waals surface area contributed by atoms with E-state index < -0.39 is 0 Å². The molecule has 0 heterocycles. The molecule has 0 saturated heterocycles. The van der Waals surface area contributed by atoms with Crippen LogP contribution in [-0.2, 0) is 42.9 Å². The quantitative estimate of drug-likeness (QED) is 0.0777. The van der Waals surface area contributed by atoms with E-state index in [9.17, 15) is 24.0 Å². The number of ketones is 3. The first-order valence-electron chi connectivity index (χ1n) is 14.4. The second-order valence-electron chi connectivity index (χ2n) is 9.09. The Balaban J connectivity index is -0.000000569. The molecule has 14 heteroatoms. The summed E-state index contributed by atoms with van der Waals surface area (Å²) in [5, 5.41) is 14.2. The molecule has 0 fully saturated rings. The van der Waals surface area contributed by atoms with Crippen molar-refractivity contribution in [2.45, 2.75) is 46.5 Å². The van der Waals surface area contributed by atoms with Crippen molar-refractivity contribution >= 4 is 29.2 Å². The largest absolute Gasteiger partial charge is 0.381 e. The zero-order valence-corrected chi connectivity index (χ0v) is 26.7. The van der Waals surface area contributed by atoms with Crippen molar-refractivity contribution in [1.82, 2.24) is 26.6 Å². The van der Waals surface area contributed by atoms with Gasteiger partial charge in [-0.1, -0.05) is 0 Å². The summed E-state index contributed by atoms with van der Waals surface area (Å²) in [6.45, 7) is 11.2. The number of hydrogen-bond acceptors (Lipinski definition) is 12. The first-order chi connectivity index (χ1) is 20.1. The molecule has 42 heavy (non-hydrogen) atoms. The third-order valence-corrected chi connectivity index (χ3v) is 4.61. The number of ether oxygens (including phenoxy) is 4. The second-order valence-corrected chi connectivity index (χ2v) is 9.09. The van der Waals surface area contributed by atoms with Gasteiger partial charge in [0.2, 0.25) is 11.8 Å². The predicted octanol–water partition coefficient (Wildman–Crippen LogP) is -0.756. The Labute approximate surface area is 252 Å². The molecule has 0 unspecified atom stereocenters. The van der Waals surface area contributed by atoms with Crippen LogP contribution in [0.2, 0.25) is 0 Å². The number of amides is 2. The number of nitrogens with one attached hydrogen (secondary N) is 5. The molecule has 0 spiro atoms. The second kappa shape index (κ2) is 36.7. The van der Waals surface area contributed by atoms with Gasteiger partial charge >= 0.3 is 0 Å². The fourth-order valence-corrected chi connectivity index (χ4v) is 2.49. The minimum atomic E-state index is -0.178. The van der Waals surface area contributed by atoms with Gasteiger partial charge in [0.05, 0.1) is 19.8 Å². The lowest BCUT2D eigenvalue weighted by molar-refractivity contribution is -0.126. The zero-order valence-electron chi connectivity index (χ0n) is 26.7. The van der Waals surface area contributed by atoms with Crippen LogP contribution in [0.4, 0.5) is 0 Å². The highest BCUT2D eigenvalue weighted by Crippen LogP contribution is 1.91. The van der Waals surface area contributed by atoms with Crippen molar-refractivity contribution in [2.75, 3.05) is 107 Å². The lowest BCUT2D eigenvalue weighted by Crippen LogP contribution is -2.31. The molecule has 2 amide bonds. The molecule has 14 nitrogen and oxygen atoms in total. The van der Waals surface area contributed by atoms with E-state index in [4.69, 9.17) is 18.9 Å². The van der Waals surface area contributed by atoms with Gasteiger partial charge in [-0.3, -0.25) is 19.2 Å². The smallest absolute Gasteiger partial charge is 0.246 e. The van der Waals surface area contributed by atoms with E-state index in [-0.39, 0.29) is 49.0 Å². The molecule has 0 bridgehead atoms. The van der Waals surface area contributed by atoms with Crippen molar-refractivity contribution in [2.24, 2.45) is 0 Å². The molecular formula is C28H57N5O9. The monoisotopic (exact) mass is 607 g/mol. The summed E-state index contributed by atoms with van der Waals surface area (Å²) >= 11 is 0. The van der Waals surface area contributed by atoms with Crippen molar-refractivity contribution in [3.8, 4) is 0 Å². The fraction of sp³-hybridized carbons (Fsp3) is 0.821. The molecule has 0 atom stereocenters. The van der Waals surface area contributed by atoms with Crippen LogP contribution in [0.15, 0.2) is 0 Å². The van der Waals surface area contributed by atoms with Gasteiger partial charge in [0.15, 0.2) is 11.6 Å². The minimum Gasteiger partial charge on any atom is -0.381 e. The lowest BCUT2D eigenvalue weighted by Gasteiger charge is -2.06. The summed E-state index contributed by atoms with van der Waals surface area (Å²) in [5.41, 5.74) is 0. The Morgan fingerprint density at radius 3 is 1.38 bits per heavy atom. The summed E-state index contributed by atoms with van der Waals surface area (Å²) in [4.78, 5) is 53.7.